The molecular weight excluding hydrogens is 316 g/mol. The van der Waals surface area contributed by atoms with Crippen LogP contribution < -0.4 is 0 Å². The van der Waals surface area contributed by atoms with Gasteiger partial charge in [0.2, 0.25) is 0 Å². The summed E-state index contributed by atoms with van der Waals surface area (Å²) in [5.41, 5.74) is 1.69. The zero-order valence-corrected chi connectivity index (χ0v) is 13.8. The van der Waals surface area contributed by atoms with E-state index in [9.17, 15) is 24.9 Å². The van der Waals surface area contributed by atoms with Gasteiger partial charge in [-0.3, -0.25) is 4.79 Å². The summed E-state index contributed by atoms with van der Waals surface area (Å²) in [6, 6.07) is 0. The van der Waals surface area contributed by atoms with Crippen molar-refractivity contribution >= 4 is 11.9 Å². The molecule has 2 rings (SSSR count). The second kappa shape index (κ2) is 6.92. The van der Waals surface area contributed by atoms with Gasteiger partial charge >= 0.3 is 11.9 Å². The monoisotopic (exact) mass is 336 g/mol. The van der Waals surface area contributed by atoms with Crippen molar-refractivity contribution in [3.05, 3.63) is 33.9 Å². The van der Waals surface area contributed by atoms with Crippen molar-refractivity contribution in [1.29, 1.82) is 0 Å². The van der Waals surface area contributed by atoms with Gasteiger partial charge in [0, 0.05) is 11.1 Å². The molecule has 0 radical (unpaired) electrons. The van der Waals surface area contributed by atoms with E-state index in [0.29, 0.717) is 16.7 Å². The van der Waals surface area contributed by atoms with Crippen LogP contribution >= 0.6 is 0 Å². The van der Waals surface area contributed by atoms with E-state index >= 15 is 0 Å². The highest BCUT2D eigenvalue weighted by Gasteiger charge is 2.31. The Balaban J connectivity index is 2.29. The van der Waals surface area contributed by atoms with Crippen molar-refractivity contribution in [3.63, 3.8) is 0 Å². The lowest BCUT2D eigenvalue weighted by Gasteiger charge is -2.14. The molecule has 1 aromatic rings. The van der Waals surface area contributed by atoms with Crippen LogP contribution in [0.25, 0.3) is 0 Å². The van der Waals surface area contributed by atoms with E-state index in [1.165, 1.54) is 7.11 Å². The Hall–Kier alpha value is -2.54. The molecule has 1 aromatic carbocycles. The maximum atomic E-state index is 11.7. The number of rotatable bonds is 5. The molecule has 1 atom stereocenters. The minimum absolute atomic E-state index is 0.0219. The number of carbonyl (C=O) groups excluding carboxylic acids is 2. The normalized spacial score (nSPS) is 15.0. The van der Waals surface area contributed by atoms with E-state index in [1.54, 1.807) is 19.9 Å². The molecule has 0 bridgehead atoms. The smallest absolute Gasteiger partial charge is 0.342 e. The average Bonchev–Trinajstić information content (AvgIpc) is 2.94. The van der Waals surface area contributed by atoms with Gasteiger partial charge < -0.3 is 24.8 Å². The molecular formula is C17H20O7. The zero-order chi connectivity index (χ0) is 18.0. The van der Waals surface area contributed by atoms with Crippen molar-refractivity contribution in [2.24, 2.45) is 0 Å². The summed E-state index contributed by atoms with van der Waals surface area (Å²) in [4.78, 5) is 22.9. The number of esters is 2. The number of methoxy groups -OCH3 is 1. The molecule has 7 nitrogen and oxygen atoms in total. The molecule has 0 spiro atoms. The number of aliphatic hydroxyl groups excluding tert-OH is 1. The largest absolute Gasteiger partial charge is 0.507 e. The fourth-order valence-corrected chi connectivity index (χ4v) is 2.57. The van der Waals surface area contributed by atoms with Gasteiger partial charge in [0.15, 0.2) is 0 Å². The highest BCUT2D eigenvalue weighted by atomic mass is 16.5. The summed E-state index contributed by atoms with van der Waals surface area (Å²) in [7, 11) is 1.23. The van der Waals surface area contributed by atoms with Crippen molar-refractivity contribution in [1.82, 2.24) is 0 Å². The predicted octanol–water partition coefficient (Wildman–Crippen LogP) is 1.49. The van der Waals surface area contributed by atoms with Crippen molar-refractivity contribution in [3.8, 4) is 11.5 Å². The standard InChI is InChI=1S/C17H20O7/c1-8(12(18)6-13(19)23-3)4-5-10-15(20)9(2)11-7-24-17(22)14(11)16(10)21/h4,12,18,20-21H,5-7H2,1-3H3/b8-4+/t12-/m0/s1. The van der Waals surface area contributed by atoms with Gasteiger partial charge in [-0.25, -0.2) is 4.79 Å². The maximum absolute atomic E-state index is 11.7. The number of carbonyl (C=O) groups is 2. The summed E-state index contributed by atoms with van der Waals surface area (Å²) in [5.74, 6) is -1.60. The molecule has 0 amide bonds. The van der Waals surface area contributed by atoms with Crippen molar-refractivity contribution < 1.29 is 34.4 Å². The van der Waals surface area contributed by atoms with Crippen molar-refractivity contribution in [2.45, 2.75) is 39.4 Å². The molecule has 0 saturated heterocycles. The quantitative estimate of drug-likeness (QED) is 0.551. The number of phenols is 2. The predicted molar refractivity (Wildman–Crippen MR) is 83.7 cm³/mol. The van der Waals surface area contributed by atoms with Crippen LogP contribution in [-0.4, -0.2) is 40.5 Å². The fourth-order valence-electron chi connectivity index (χ4n) is 2.57. The van der Waals surface area contributed by atoms with Crippen LogP contribution in [0.15, 0.2) is 11.6 Å². The Morgan fingerprint density at radius 2 is 2.04 bits per heavy atom. The van der Waals surface area contributed by atoms with Crippen LogP contribution in [0.2, 0.25) is 0 Å². The summed E-state index contributed by atoms with van der Waals surface area (Å²) in [5, 5.41) is 30.5. The Labute approximate surface area is 139 Å². The van der Waals surface area contributed by atoms with E-state index in [1.807, 2.05) is 0 Å². The fraction of sp³-hybridized carbons (Fsp3) is 0.412. The number of phenolic OH excluding ortho intramolecular Hbond substituents is 2. The van der Waals surface area contributed by atoms with Gasteiger partial charge in [0.25, 0.3) is 0 Å². The molecule has 24 heavy (non-hydrogen) atoms. The number of ether oxygens (including phenoxy) is 2. The molecule has 7 heteroatoms. The molecule has 0 unspecified atom stereocenters. The van der Waals surface area contributed by atoms with E-state index in [2.05, 4.69) is 4.74 Å². The van der Waals surface area contributed by atoms with Crippen LogP contribution in [-0.2, 0) is 27.3 Å². The number of allylic oxidation sites excluding steroid dienone is 1. The van der Waals surface area contributed by atoms with E-state index < -0.39 is 18.0 Å². The molecule has 3 N–H and O–H groups in total. The van der Waals surface area contributed by atoms with E-state index in [-0.39, 0.29) is 42.1 Å². The van der Waals surface area contributed by atoms with Gasteiger partial charge in [-0.05, 0) is 31.4 Å². The third-order valence-electron chi connectivity index (χ3n) is 4.21. The lowest BCUT2D eigenvalue weighted by molar-refractivity contribution is -0.142. The van der Waals surface area contributed by atoms with E-state index in [0.717, 1.165) is 0 Å². The Morgan fingerprint density at radius 1 is 1.38 bits per heavy atom. The summed E-state index contributed by atoms with van der Waals surface area (Å²) in [6.07, 6.45) is 0.450. The minimum Gasteiger partial charge on any atom is -0.507 e. The Bertz CT molecular complexity index is 718. The van der Waals surface area contributed by atoms with Crippen LogP contribution in [0.5, 0.6) is 11.5 Å². The zero-order valence-electron chi connectivity index (χ0n) is 13.8. The van der Waals surface area contributed by atoms with Crippen LogP contribution in [0, 0.1) is 6.92 Å². The summed E-state index contributed by atoms with van der Waals surface area (Å²) >= 11 is 0. The highest BCUT2D eigenvalue weighted by Crippen LogP contribution is 2.41. The minimum atomic E-state index is -1.03. The number of aliphatic hydroxyl groups is 1. The molecule has 1 heterocycles. The maximum Gasteiger partial charge on any atom is 0.342 e. The van der Waals surface area contributed by atoms with Gasteiger partial charge in [0.1, 0.15) is 23.7 Å². The lowest BCUT2D eigenvalue weighted by atomic mass is 9.94. The first-order valence-electron chi connectivity index (χ1n) is 7.42. The SMILES string of the molecule is COC(=O)C[C@H](O)/C(C)=C/Cc1c(O)c(C)c2c(c1O)C(=O)OC2. The van der Waals surface area contributed by atoms with Gasteiger partial charge in [0.05, 0.1) is 19.6 Å². The van der Waals surface area contributed by atoms with Crippen LogP contribution in [0.3, 0.4) is 0 Å². The number of fused-ring (bicyclic) bond motifs is 1. The van der Waals surface area contributed by atoms with E-state index in [4.69, 9.17) is 4.74 Å². The van der Waals surface area contributed by atoms with Crippen LogP contribution in [0.1, 0.15) is 40.4 Å². The highest BCUT2D eigenvalue weighted by molar-refractivity contribution is 5.98. The summed E-state index contributed by atoms with van der Waals surface area (Å²) in [6.45, 7) is 3.28. The number of cyclic esters (lactones) is 1. The molecule has 0 saturated carbocycles. The number of hydrogen-bond acceptors (Lipinski definition) is 7. The molecule has 0 fully saturated rings. The van der Waals surface area contributed by atoms with Gasteiger partial charge in [-0.2, -0.15) is 0 Å². The second-order valence-corrected chi connectivity index (χ2v) is 5.68. The second-order valence-electron chi connectivity index (χ2n) is 5.68. The average molecular weight is 336 g/mol. The first-order chi connectivity index (χ1) is 11.3. The van der Waals surface area contributed by atoms with Crippen molar-refractivity contribution in [2.75, 3.05) is 7.11 Å². The third-order valence-corrected chi connectivity index (χ3v) is 4.21. The number of hydrogen-bond donors (Lipinski definition) is 3. The third kappa shape index (κ3) is 3.21. The molecule has 0 aromatic heterocycles. The molecule has 130 valence electrons. The topological polar surface area (TPSA) is 113 Å². The molecule has 1 aliphatic heterocycles. The number of benzene rings is 1. The molecule has 0 aliphatic carbocycles. The Morgan fingerprint density at radius 3 is 2.67 bits per heavy atom. The Kier molecular flexibility index (Phi) is 5.14. The van der Waals surface area contributed by atoms with Crippen LogP contribution in [0.4, 0.5) is 0 Å². The number of aromatic hydroxyl groups is 2. The first-order valence-corrected chi connectivity index (χ1v) is 7.42. The van der Waals surface area contributed by atoms with Gasteiger partial charge in [-0.15, -0.1) is 0 Å². The van der Waals surface area contributed by atoms with Gasteiger partial charge in [-0.1, -0.05) is 6.08 Å². The summed E-state index contributed by atoms with van der Waals surface area (Å²) < 4.78 is 9.39. The molecule has 1 aliphatic rings. The first kappa shape index (κ1) is 17.8. The lowest BCUT2D eigenvalue weighted by Crippen LogP contribution is -2.15.